The minimum Gasteiger partial charge on any atom is -0.385 e. The molecule has 0 rings (SSSR count). The molecule has 0 aromatic rings. The van der Waals surface area contributed by atoms with E-state index >= 15 is 0 Å². The van der Waals surface area contributed by atoms with Crippen LogP contribution in [0.15, 0.2) is 4.99 Å². The first kappa shape index (κ1) is 21.2. The quantitative estimate of drug-likeness (QED) is 0.247. The van der Waals surface area contributed by atoms with Crippen LogP contribution >= 0.6 is 24.0 Å². The molecule has 0 aliphatic rings. The van der Waals surface area contributed by atoms with Crippen molar-refractivity contribution < 1.29 is 9.47 Å². The Morgan fingerprint density at radius 3 is 2.26 bits per heavy atom. The van der Waals surface area contributed by atoms with Crippen molar-refractivity contribution in [2.45, 2.75) is 32.6 Å². The van der Waals surface area contributed by atoms with Gasteiger partial charge < -0.3 is 20.1 Å². The highest BCUT2D eigenvalue weighted by atomic mass is 127. The normalized spacial score (nSPS) is 11.0. The number of halogens is 1. The fourth-order valence-corrected chi connectivity index (χ4v) is 1.50. The lowest BCUT2D eigenvalue weighted by molar-refractivity contribution is 0.192. The first-order valence-corrected chi connectivity index (χ1v) is 6.85. The Balaban J connectivity index is 0. The highest BCUT2D eigenvalue weighted by Gasteiger charge is 1.96. The van der Waals surface area contributed by atoms with Crippen LogP contribution in [-0.4, -0.2) is 53.0 Å². The van der Waals surface area contributed by atoms with E-state index in [1.54, 1.807) is 14.2 Å². The lowest BCUT2D eigenvalue weighted by Gasteiger charge is -2.11. The van der Waals surface area contributed by atoms with Crippen molar-refractivity contribution in [2.24, 2.45) is 4.99 Å². The van der Waals surface area contributed by atoms with Gasteiger partial charge in [0.05, 0.1) is 0 Å². The van der Waals surface area contributed by atoms with Crippen LogP contribution in [0.2, 0.25) is 0 Å². The molecular weight excluding hydrogens is 357 g/mol. The number of nitrogens with one attached hydrogen (secondary N) is 2. The fourth-order valence-electron chi connectivity index (χ4n) is 1.50. The van der Waals surface area contributed by atoms with E-state index in [2.05, 4.69) is 22.5 Å². The van der Waals surface area contributed by atoms with Crippen molar-refractivity contribution in [1.82, 2.24) is 10.6 Å². The highest BCUT2D eigenvalue weighted by Crippen LogP contribution is 1.93. The van der Waals surface area contributed by atoms with Crippen LogP contribution in [0.4, 0.5) is 0 Å². The third kappa shape index (κ3) is 15.9. The Morgan fingerprint density at radius 2 is 1.63 bits per heavy atom. The molecule has 0 aliphatic carbocycles. The van der Waals surface area contributed by atoms with Crippen molar-refractivity contribution in [3.8, 4) is 0 Å². The number of rotatable bonds is 11. The molecule has 0 amide bonds. The lowest BCUT2D eigenvalue weighted by atomic mass is 10.2. The second-order valence-electron chi connectivity index (χ2n) is 4.09. The van der Waals surface area contributed by atoms with E-state index in [0.29, 0.717) is 0 Å². The summed E-state index contributed by atoms with van der Waals surface area (Å²) in [6.45, 7) is 6.34. The summed E-state index contributed by atoms with van der Waals surface area (Å²) < 4.78 is 10.0. The van der Waals surface area contributed by atoms with E-state index in [0.717, 1.165) is 58.1 Å². The predicted octanol–water partition coefficient (Wildman–Crippen LogP) is 2.01. The van der Waals surface area contributed by atoms with E-state index in [1.807, 2.05) is 0 Å². The van der Waals surface area contributed by atoms with Gasteiger partial charge in [-0.05, 0) is 32.6 Å². The largest absolute Gasteiger partial charge is 0.385 e. The molecule has 0 atom stereocenters. The van der Waals surface area contributed by atoms with Crippen LogP contribution in [0.1, 0.15) is 32.6 Å². The molecule has 0 aromatic carbocycles. The molecule has 0 spiro atoms. The molecule has 0 radical (unpaired) electrons. The molecule has 2 N–H and O–H groups in total. The number of aliphatic imine (C=N–C) groups is 1. The van der Waals surface area contributed by atoms with Crippen molar-refractivity contribution in [3.63, 3.8) is 0 Å². The number of methoxy groups -OCH3 is 2. The van der Waals surface area contributed by atoms with Crippen LogP contribution in [0.3, 0.4) is 0 Å². The van der Waals surface area contributed by atoms with Crippen molar-refractivity contribution in [3.05, 3.63) is 0 Å². The second-order valence-corrected chi connectivity index (χ2v) is 4.09. The van der Waals surface area contributed by atoms with Gasteiger partial charge in [-0.2, -0.15) is 0 Å². The average Bonchev–Trinajstić information content (AvgIpc) is 2.38. The summed E-state index contributed by atoms with van der Waals surface area (Å²) in [5.74, 6) is 0.903. The average molecular weight is 387 g/mol. The van der Waals surface area contributed by atoms with Gasteiger partial charge in [-0.1, -0.05) is 0 Å². The van der Waals surface area contributed by atoms with E-state index in [4.69, 9.17) is 9.47 Å². The second kappa shape index (κ2) is 17.9. The first-order valence-electron chi connectivity index (χ1n) is 6.85. The zero-order valence-electron chi connectivity index (χ0n) is 12.5. The van der Waals surface area contributed by atoms with Gasteiger partial charge in [0.15, 0.2) is 5.96 Å². The van der Waals surface area contributed by atoms with Crippen LogP contribution in [-0.2, 0) is 9.47 Å². The van der Waals surface area contributed by atoms with Gasteiger partial charge in [-0.25, -0.2) is 0 Å². The summed E-state index contributed by atoms with van der Waals surface area (Å²) in [6.07, 6.45) is 4.41. The minimum absolute atomic E-state index is 0. The van der Waals surface area contributed by atoms with Crippen LogP contribution < -0.4 is 10.6 Å². The zero-order valence-corrected chi connectivity index (χ0v) is 14.9. The molecule has 0 bridgehead atoms. The maximum atomic E-state index is 5.02. The van der Waals surface area contributed by atoms with E-state index in [1.165, 1.54) is 6.42 Å². The molecule has 5 nitrogen and oxygen atoms in total. The van der Waals surface area contributed by atoms with Crippen molar-refractivity contribution >= 4 is 29.9 Å². The monoisotopic (exact) mass is 387 g/mol. The van der Waals surface area contributed by atoms with E-state index in [-0.39, 0.29) is 24.0 Å². The molecule has 19 heavy (non-hydrogen) atoms. The molecule has 0 saturated carbocycles. The summed E-state index contributed by atoms with van der Waals surface area (Å²) >= 11 is 0. The van der Waals surface area contributed by atoms with Gasteiger partial charge in [0.1, 0.15) is 0 Å². The third-order valence-corrected chi connectivity index (χ3v) is 2.44. The van der Waals surface area contributed by atoms with Gasteiger partial charge in [-0.3, -0.25) is 4.99 Å². The first-order chi connectivity index (χ1) is 8.85. The Kier molecular flexibility index (Phi) is 20.0. The maximum Gasteiger partial charge on any atom is 0.191 e. The summed E-state index contributed by atoms with van der Waals surface area (Å²) in [4.78, 5) is 4.47. The number of guanidine groups is 1. The molecule has 0 aromatic heterocycles. The van der Waals surface area contributed by atoms with Crippen molar-refractivity contribution in [2.75, 3.05) is 47.1 Å². The Morgan fingerprint density at radius 1 is 0.947 bits per heavy atom. The number of nitrogens with zero attached hydrogens (tertiary/aromatic N) is 1. The Hall–Kier alpha value is -0.0800. The third-order valence-electron chi connectivity index (χ3n) is 2.44. The molecule has 0 saturated heterocycles. The minimum atomic E-state index is 0. The number of hydrogen-bond donors (Lipinski definition) is 2. The summed E-state index contributed by atoms with van der Waals surface area (Å²) in [7, 11) is 3.46. The molecule has 0 heterocycles. The molecule has 6 heteroatoms. The zero-order chi connectivity index (χ0) is 13.5. The van der Waals surface area contributed by atoms with Crippen molar-refractivity contribution in [1.29, 1.82) is 0 Å². The maximum absolute atomic E-state index is 5.02. The van der Waals surface area contributed by atoms with E-state index < -0.39 is 0 Å². The Bertz CT molecular complexity index is 204. The van der Waals surface area contributed by atoms with Gasteiger partial charge in [-0.15, -0.1) is 24.0 Å². The number of hydrogen-bond acceptors (Lipinski definition) is 3. The standard InChI is InChI=1S/C13H29N3O2.HI/c1-4-14-13(16-10-8-12-18-3)15-9-6-5-7-11-17-2;/h4-12H2,1-3H3,(H2,14,15,16);1H. The number of ether oxygens (including phenoxy) is 2. The fraction of sp³-hybridized carbons (Fsp3) is 0.923. The smallest absolute Gasteiger partial charge is 0.191 e. The SMILES string of the molecule is CCNC(=NCCCOC)NCCCCCOC.I. The molecular formula is C13H30IN3O2. The number of unbranched alkanes of at least 4 members (excludes halogenated alkanes) is 2. The van der Waals surface area contributed by atoms with Crippen LogP contribution in [0.25, 0.3) is 0 Å². The summed E-state index contributed by atoms with van der Waals surface area (Å²) in [5.41, 5.74) is 0. The Labute approximate surface area is 134 Å². The molecule has 0 aliphatic heterocycles. The van der Waals surface area contributed by atoms with Gasteiger partial charge in [0.25, 0.3) is 0 Å². The highest BCUT2D eigenvalue weighted by molar-refractivity contribution is 14.0. The van der Waals surface area contributed by atoms with Gasteiger partial charge >= 0.3 is 0 Å². The van der Waals surface area contributed by atoms with Gasteiger partial charge in [0, 0.05) is 47.1 Å². The summed E-state index contributed by atoms with van der Waals surface area (Å²) in [6, 6.07) is 0. The molecule has 0 fully saturated rings. The molecule has 0 unspecified atom stereocenters. The van der Waals surface area contributed by atoms with Crippen LogP contribution in [0, 0.1) is 0 Å². The van der Waals surface area contributed by atoms with E-state index in [9.17, 15) is 0 Å². The van der Waals surface area contributed by atoms with Crippen LogP contribution in [0.5, 0.6) is 0 Å². The van der Waals surface area contributed by atoms with Gasteiger partial charge in [0.2, 0.25) is 0 Å². The summed E-state index contributed by atoms with van der Waals surface area (Å²) in [5, 5.41) is 6.57. The topological polar surface area (TPSA) is 54.9 Å². The molecule has 116 valence electrons. The predicted molar refractivity (Wildman–Crippen MR) is 91.6 cm³/mol. The lowest BCUT2D eigenvalue weighted by Crippen LogP contribution is -2.37.